The zero-order valence-electron chi connectivity index (χ0n) is 25.7. The summed E-state index contributed by atoms with van der Waals surface area (Å²) >= 11 is 1.85. The fourth-order valence-corrected chi connectivity index (χ4v) is 9.18. The summed E-state index contributed by atoms with van der Waals surface area (Å²) in [5.41, 5.74) is 6.79. The lowest BCUT2D eigenvalue weighted by atomic mass is 9.76. The van der Waals surface area contributed by atoms with Crippen molar-refractivity contribution < 1.29 is 4.74 Å². The number of benzene rings is 5. The van der Waals surface area contributed by atoms with Gasteiger partial charge in [-0.2, -0.15) is 0 Å². The van der Waals surface area contributed by atoms with Gasteiger partial charge in [0.05, 0.1) is 16.6 Å². The molecule has 47 heavy (non-hydrogen) atoms. The van der Waals surface area contributed by atoms with Crippen LogP contribution >= 0.6 is 11.3 Å². The SMILES string of the molecule is CC1(C)c2cccnc2-n2c3cc(Oc4ccc5c6cc7sc8ccccc8c7cc6n6ccnc6c5c4)ccc3c3cccc1c32. The zero-order chi connectivity index (χ0) is 31.0. The second-order valence-corrected chi connectivity index (χ2v) is 14.2. The summed E-state index contributed by atoms with van der Waals surface area (Å²) in [6, 6.07) is 37.0. The molecular weight excluding hydrogens is 597 g/mol. The molecule has 0 atom stereocenters. The highest BCUT2D eigenvalue weighted by atomic mass is 32.1. The summed E-state index contributed by atoms with van der Waals surface area (Å²) < 4.78 is 13.8. The van der Waals surface area contributed by atoms with Crippen molar-refractivity contribution in [1.82, 2.24) is 18.9 Å². The monoisotopic (exact) mass is 622 g/mol. The van der Waals surface area contributed by atoms with Gasteiger partial charge in [0.25, 0.3) is 0 Å². The van der Waals surface area contributed by atoms with Gasteiger partial charge in [0.15, 0.2) is 0 Å². The van der Waals surface area contributed by atoms with E-state index >= 15 is 0 Å². The number of rotatable bonds is 2. The standard InChI is InChI=1S/C41H26N4OS/c1-41(2)32-9-5-8-28-26-15-13-24(20-35(26)45(38(28)32)40-33(41)10-6-16-42-40)46-23-12-14-25-29-22-37-30(27-7-3-4-11-36(27)47-37)21-34(29)44-18-17-43-39(44)31(25)19-23/h3-22H,1-2H3. The molecule has 1 aliphatic heterocycles. The molecule has 222 valence electrons. The molecule has 6 heteroatoms. The highest BCUT2D eigenvalue weighted by Gasteiger charge is 2.35. The summed E-state index contributed by atoms with van der Waals surface area (Å²) in [5, 5.41) is 8.46. The maximum atomic E-state index is 6.65. The third-order valence-corrected chi connectivity index (χ3v) is 11.4. The van der Waals surface area contributed by atoms with Crippen LogP contribution in [0.1, 0.15) is 25.0 Å². The van der Waals surface area contributed by atoms with Crippen LogP contribution < -0.4 is 4.74 Å². The highest BCUT2D eigenvalue weighted by Crippen LogP contribution is 2.47. The van der Waals surface area contributed by atoms with Crippen LogP contribution in [-0.2, 0) is 5.41 Å². The molecule has 0 saturated heterocycles. The summed E-state index contributed by atoms with van der Waals surface area (Å²) in [4.78, 5) is 9.71. The largest absolute Gasteiger partial charge is 0.457 e. The first-order valence-electron chi connectivity index (χ1n) is 15.9. The van der Waals surface area contributed by atoms with Gasteiger partial charge in [0, 0.05) is 77.4 Å². The quantitative estimate of drug-likeness (QED) is 0.180. The van der Waals surface area contributed by atoms with E-state index in [0.717, 1.165) is 39.4 Å². The van der Waals surface area contributed by atoms with Gasteiger partial charge in [-0.1, -0.05) is 56.3 Å². The highest BCUT2D eigenvalue weighted by molar-refractivity contribution is 7.25. The Hall–Kier alpha value is -5.72. The number of ether oxygens (including phenoxy) is 1. The number of pyridine rings is 2. The Bertz CT molecular complexity index is 2980. The molecule has 5 nitrogen and oxygen atoms in total. The van der Waals surface area contributed by atoms with Crippen molar-refractivity contribution in [2.24, 2.45) is 0 Å². The van der Waals surface area contributed by atoms with Crippen LogP contribution in [0.25, 0.3) is 75.1 Å². The van der Waals surface area contributed by atoms with Crippen molar-refractivity contribution >= 4 is 80.6 Å². The van der Waals surface area contributed by atoms with E-state index < -0.39 is 0 Å². The molecule has 11 rings (SSSR count). The van der Waals surface area contributed by atoms with E-state index in [9.17, 15) is 0 Å². The van der Waals surface area contributed by atoms with Crippen molar-refractivity contribution in [1.29, 1.82) is 0 Å². The third-order valence-electron chi connectivity index (χ3n) is 10.3. The van der Waals surface area contributed by atoms with Gasteiger partial charge in [0.2, 0.25) is 0 Å². The maximum absolute atomic E-state index is 6.65. The number of hydrogen-bond donors (Lipinski definition) is 0. The summed E-state index contributed by atoms with van der Waals surface area (Å²) in [6.45, 7) is 4.59. The van der Waals surface area contributed by atoms with E-state index in [2.05, 4.69) is 126 Å². The lowest BCUT2D eigenvalue weighted by Gasteiger charge is -2.33. The molecule has 0 saturated carbocycles. The van der Waals surface area contributed by atoms with Crippen LogP contribution in [0.4, 0.5) is 0 Å². The van der Waals surface area contributed by atoms with Crippen LogP contribution in [-0.4, -0.2) is 18.9 Å². The average Bonchev–Trinajstić information content (AvgIpc) is 3.81. The Morgan fingerprint density at radius 3 is 2.36 bits per heavy atom. The first-order valence-corrected chi connectivity index (χ1v) is 16.7. The van der Waals surface area contributed by atoms with Crippen molar-refractivity contribution in [3.63, 3.8) is 0 Å². The third kappa shape index (κ3) is 3.27. The lowest BCUT2D eigenvalue weighted by molar-refractivity contribution is 0.484. The molecule has 0 aliphatic carbocycles. The first kappa shape index (κ1) is 25.5. The van der Waals surface area contributed by atoms with Crippen molar-refractivity contribution in [2.75, 3.05) is 0 Å². The summed E-state index contributed by atoms with van der Waals surface area (Å²) in [6.07, 6.45) is 5.83. The van der Waals surface area contributed by atoms with Gasteiger partial charge in [-0.15, -0.1) is 11.3 Å². The van der Waals surface area contributed by atoms with E-state index in [1.165, 1.54) is 58.4 Å². The van der Waals surface area contributed by atoms with Crippen LogP contribution in [0.15, 0.2) is 122 Å². The van der Waals surface area contributed by atoms with E-state index in [1.54, 1.807) is 0 Å². The Balaban J connectivity index is 1.09. The molecule has 0 fully saturated rings. The summed E-state index contributed by atoms with van der Waals surface area (Å²) in [7, 11) is 0. The number of thiophene rings is 1. The van der Waals surface area contributed by atoms with Crippen LogP contribution in [0.3, 0.4) is 0 Å². The smallest absolute Gasteiger partial charge is 0.145 e. The molecular formula is C41H26N4OS. The van der Waals surface area contributed by atoms with Gasteiger partial charge in [0.1, 0.15) is 23.0 Å². The fraction of sp³-hybridized carbons (Fsp3) is 0.0732. The number of aromatic nitrogens is 4. The Labute approximate surface area is 272 Å². The molecule has 5 aromatic heterocycles. The van der Waals surface area contributed by atoms with Gasteiger partial charge in [-0.25, -0.2) is 9.97 Å². The van der Waals surface area contributed by atoms with Gasteiger partial charge in [-0.3, -0.25) is 8.97 Å². The predicted octanol–water partition coefficient (Wildman–Crippen LogP) is 10.9. The Morgan fingerprint density at radius 1 is 0.596 bits per heavy atom. The molecule has 10 aromatic rings. The number of hydrogen-bond acceptors (Lipinski definition) is 4. The molecule has 0 N–H and O–H groups in total. The first-order chi connectivity index (χ1) is 23.0. The minimum Gasteiger partial charge on any atom is -0.457 e. The molecule has 0 spiro atoms. The lowest BCUT2D eigenvalue weighted by Crippen LogP contribution is -2.26. The predicted molar refractivity (Wildman–Crippen MR) is 194 cm³/mol. The van der Waals surface area contributed by atoms with Gasteiger partial charge < -0.3 is 4.74 Å². The molecule has 5 aromatic carbocycles. The molecule has 0 bridgehead atoms. The van der Waals surface area contributed by atoms with Crippen molar-refractivity contribution in [3.8, 4) is 17.3 Å². The number of para-hydroxylation sites is 1. The van der Waals surface area contributed by atoms with Crippen LogP contribution in [0.2, 0.25) is 0 Å². The average molecular weight is 623 g/mol. The normalized spacial score (nSPS) is 13.9. The van der Waals surface area contributed by atoms with Crippen molar-refractivity contribution in [3.05, 3.63) is 133 Å². The van der Waals surface area contributed by atoms with Crippen molar-refractivity contribution in [2.45, 2.75) is 19.3 Å². The molecule has 1 aliphatic rings. The van der Waals surface area contributed by atoms with E-state index in [1.807, 2.05) is 29.8 Å². The Morgan fingerprint density at radius 2 is 1.43 bits per heavy atom. The van der Waals surface area contributed by atoms with E-state index in [4.69, 9.17) is 14.7 Å². The number of nitrogens with zero attached hydrogens (tertiary/aromatic N) is 4. The van der Waals surface area contributed by atoms with E-state index in [0.29, 0.717) is 0 Å². The second-order valence-electron chi connectivity index (χ2n) is 13.1. The Kier molecular flexibility index (Phi) is 4.74. The number of imidazole rings is 1. The van der Waals surface area contributed by atoms with Gasteiger partial charge in [-0.05, 0) is 65.5 Å². The fourth-order valence-electron chi connectivity index (χ4n) is 8.06. The van der Waals surface area contributed by atoms with Crippen LogP contribution in [0, 0.1) is 0 Å². The zero-order valence-corrected chi connectivity index (χ0v) is 26.5. The van der Waals surface area contributed by atoms with Crippen LogP contribution in [0.5, 0.6) is 11.5 Å². The molecule has 0 radical (unpaired) electrons. The second kappa shape index (κ2) is 8.75. The minimum atomic E-state index is -0.150. The molecule has 0 unspecified atom stereocenters. The van der Waals surface area contributed by atoms with Gasteiger partial charge >= 0.3 is 0 Å². The maximum Gasteiger partial charge on any atom is 0.145 e. The molecule has 0 amide bonds. The molecule has 6 heterocycles. The minimum absolute atomic E-state index is 0.150. The summed E-state index contributed by atoms with van der Waals surface area (Å²) in [5.74, 6) is 2.55. The topological polar surface area (TPSA) is 44.4 Å². The van der Waals surface area contributed by atoms with E-state index in [-0.39, 0.29) is 5.41 Å². The number of fused-ring (bicyclic) bond motifs is 14.